The molecule has 0 saturated carbocycles. The third-order valence-corrected chi connectivity index (χ3v) is 4.63. The number of hydrogen-bond acceptors (Lipinski definition) is 2. The van der Waals surface area contributed by atoms with Gasteiger partial charge in [-0.1, -0.05) is 13.8 Å². The molecule has 1 aliphatic heterocycles. The lowest BCUT2D eigenvalue weighted by Gasteiger charge is -2.19. The molecule has 0 atom stereocenters. The molecule has 3 rings (SSSR count). The zero-order valence-electron chi connectivity index (χ0n) is 14.6. The summed E-state index contributed by atoms with van der Waals surface area (Å²) >= 11 is 0. The van der Waals surface area contributed by atoms with E-state index >= 15 is 0 Å². The monoisotopic (exact) mass is 329 g/mol. The first kappa shape index (κ1) is 16.7. The van der Waals surface area contributed by atoms with E-state index in [0.717, 1.165) is 42.6 Å². The second-order valence-electron chi connectivity index (χ2n) is 6.57. The fourth-order valence-electron chi connectivity index (χ4n) is 3.71. The standard InChI is InChI=1S/C20H24FNO2/c1-4-24-20(23)18-17(13(2)3)16-7-5-6-12-22(16)19(18)14-8-10-15(21)11-9-14/h8-11,13H,4-7,12H2,1-3H3. The van der Waals surface area contributed by atoms with E-state index in [2.05, 4.69) is 18.4 Å². The van der Waals surface area contributed by atoms with Crippen LogP contribution in [0.2, 0.25) is 0 Å². The molecule has 2 aromatic rings. The molecule has 0 amide bonds. The summed E-state index contributed by atoms with van der Waals surface area (Å²) in [6, 6.07) is 6.39. The van der Waals surface area contributed by atoms with Crippen molar-refractivity contribution >= 4 is 5.97 Å². The molecular weight excluding hydrogens is 305 g/mol. The minimum Gasteiger partial charge on any atom is -0.462 e. The smallest absolute Gasteiger partial charge is 0.340 e. The molecular formula is C20H24FNO2. The second-order valence-corrected chi connectivity index (χ2v) is 6.57. The first-order valence-corrected chi connectivity index (χ1v) is 8.72. The van der Waals surface area contributed by atoms with Crippen LogP contribution in [0.5, 0.6) is 0 Å². The van der Waals surface area contributed by atoms with E-state index in [-0.39, 0.29) is 17.7 Å². The van der Waals surface area contributed by atoms with Crippen LogP contribution in [0.3, 0.4) is 0 Å². The lowest BCUT2D eigenvalue weighted by molar-refractivity contribution is 0.0525. The number of halogens is 1. The number of fused-ring (bicyclic) bond motifs is 1. The number of esters is 1. The topological polar surface area (TPSA) is 31.2 Å². The average molecular weight is 329 g/mol. The van der Waals surface area contributed by atoms with Crippen molar-refractivity contribution in [1.29, 1.82) is 0 Å². The molecule has 3 nitrogen and oxygen atoms in total. The van der Waals surface area contributed by atoms with E-state index in [1.807, 2.05) is 6.92 Å². The normalized spacial score (nSPS) is 13.9. The van der Waals surface area contributed by atoms with Crippen molar-refractivity contribution in [2.24, 2.45) is 0 Å². The summed E-state index contributed by atoms with van der Waals surface area (Å²) in [6.45, 7) is 7.28. The molecule has 4 heteroatoms. The lowest BCUT2D eigenvalue weighted by Crippen LogP contribution is -2.12. The van der Waals surface area contributed by atoms with Crippen molar-refractivity contribution in [3.05, 3.63) is 46.9 Å². The Kier molecular flexibility index (Phi) is 4.74. The molecule has 0 bridgehead atoms. The van der Waals surface area contributed by atoms with Crippen LogP contribution in [0.4, 0.5) is 4.39 Å². The summed E-state index contributed by atoms with van der Waals surface area (Å²) in [5.41, 5.74) is 4.74. The van der Waals surface area contributed by atoms with Gasteiger partial charge in [-0.05, 0) is 67.5 Å². The van der Waals surface area contributed by atoms with Gasteiger partial charge in [0.05, 0.1) is 17.9 Å². The number of nitrogens with zero attached hydrogens (tertiary/aromatic N) is 1. The van der Waals surface area contributed by atoms with E-state index in [1.165, 1.54) is 17.8 Å². The predicted octanol–water partition coefficient (Wildman–Crippen LogP) is 4.93. The average Bonchev–Trinajstić information content (AvgIpc) is 2.91. The quantitative estimate of drug-likeness (QED) is 0.745. The van der Waals surface area contributed by atoms with Crippen LogP contribution in [0.1, 0.15) is 61.1 Å². The third-order valence-electron chi connectivity index (χ3n) is 4.63. The number of rotatable bonds is 4. The molecule has 0 fully saturated rings. The summed E-state index contributed by atoms with van der Waals surface area (Å²) < 4.78 is 21.0. The minimum atomic E-state index is -0.276. The highest BCUT2D eigenvalue weighted by Crippen LogP contribution is 2.39. The van der Waals surface area contributed by atoms with Crippen LogP contribution in [-0.4, -0.2) is 17.1 Å². The third kappa shape index (κ3) is 2.85. The number of hydrogen-bond donors (Lipinski definition) is 0. The summed E-state index contributed by atoms with van der Waals surface area (Å²) in [4.78, 5) is 12.7. The number of carbonyl (C=O) groups excluding carboxylic acids is 1. The maximum atomic E-state index is 13.4. The van der Waals surface area contributed by atoms with Gasteiger partial charge in [0.25, 0.3) is 0 Å². The maximum Gasteiger partial charge on any atom is 0.340 e. The largest absolute Gasteiger partial charge is 0.462 e. The zero-order valence-corrected chi connectivity index (χ0v) is 14.6. The zero-order chi connectivity index (χ0) is 17.3. The number of aromatic nitrogens is 1. The molecule has 24 heavy (non-hydrogen) atoms. The first-order valence-electron chi connectivity index (χ1n) is 8.72. The van der Waals surface area contributed by atoms with Gasteiger partial charge in [0.15, 0.2) is 0 Å². The van der Waals surface area contributed by atoms with Crippen molar-refractivity contribution in [3.8, 4) is 11.3 Å². The molecule has 2 heterocycles. The predicted molar refractivity (Wildman–Crippen MR) is 92.8 cm³/mol. The fourth-order valence-corrected chi connectivity index (χ4v) is 3.71. The van der Waals surface area contributed by atoms with E-state index in [1.54, 1.807) is 12.1 Å². The van der Waals surface area contributed by atoms with Gasteiger partial charge in [0.2, 0.25) is 0 Å². The van der Waals surface area contributed by atoms with Gasteiger partial charge in [-0.25, -0.2) is 9.18 Å². The number of ether oxygens (including phenoxy) is 1. The Morgan fingerprint density at radius 1 is 1.25 bits per heavy atom. The van der Waals surface area contributed by atoms with Gasteiger partial charge in [-0.3, -0.25) is 0 Å². The van der Waals surface area contributed by atoms with Crippen LogP contribution in [-0.2, 0) is 17.7 Å². The molecule has 128 valence electrons. The Morgan fingerprint density at radius 2 is 1.96 bits per heavy atom. The van der Waals surface area contributed by atoms with Gasteiger partial charge in [0, 0.05) is 12.2 Å². The molecule has 0 saturated heterocycles. The van der Waals surface area contributed by atoms with E-state index in [9.17, 15) is 9.18 Å². The highest BCUT2D eigenvalue weighted by atomic mass is 19.1. The van der Waals surface area contributed by atoms with Crippen LogP contribution >= 0.6 is 0 Å². The van der Waals surface area contributed by atoms with Gasteiger partial charge < -0.3 is 9.30 Å². The van der Waals surface area contributed by atoms with Crippen LogP contribution in [0.25, 0.3) is 11.3 Å². The Balaban J connectivity index is 2.28. The van der Waals surface area contributed by atoms with Gasteiger partial charge in [-0.15, -0.1) is 0 Å². The van der Waals surface area contributed by atoms with Crippen molar-refractivity contribution in [2.45, 2.75) is 52.5 Å². The highest BCUT2D eigenvalue weighted by molar-refractivity contribution is 5.99. The Hall–Kier alpha value is -2.10. The Morgan fingerprint density at radius 3 is 2.58 bits per heavy atom. The molecule has 1 aliphatic rings. The fraction of sp³-hybridized carbons (Fsp3) is 0.450. The van der Waals surface area contributed by atoms with Crippen LogP contribution in [0.15, 0.2) is 24.3 Å². The molecule has 1 aromatic carbocycles. The first-order chi connectivity index (χ1) is 11.5. The number of benzene rings is 1. The lowest BCUT2D eigenvalue weighted by atomic mass is 9.94. The van der Waals surface area contributed by atoms with Crippen molar-refractivity contribution in [2.75, 3.05) is 6.61 Å². The number of carbonyl (C=O) groups is 1. The Bertz CT molecular complexity index is 744. The molecule has 0 aliphatic carbocycles. The molecule has 0 radical (unpaired) electrons. The van der Waals surface area contributed by atoms with Gasteiger partial charge in [-0.2, -0.15) is 0 Å². The van der Waals surface area contributed by atoms with E-state index < -0.39 is 0 Å². The van der Waals surface area contributed by atoms with Gasteiger partial charge in [0.1, 0.15) is 5.82 Å². The summed E-state index contributed by atoms with van der Waals surface area (Å²) in [5, 5.41) is 0. The van der Waals surface area contributed by atoms with Crippen molar-refractivity contribution in [1.82, 2.24) is 4.57 Å². The van der Waals surface area contributed by atoms with Crippen LogP contribution < -0.4 is 0 Å². The molecule has 0 spiro atoms. The minimum absolute atomic E-state index is 0.234. The van der Waals surface area contributed by atoms with Gasteiger partial charge >= 0.3 is 5.97 Å². The summed E-state index contributed by atoms with van der Waals surface area (Å²) in [5.74, 6) is -0.314. The second kappa shape index (κ2) is 6.80. The molecule has 0 unspecified atom stereocenters. The molecule has 1 aromatic heterocycles. The highest BCUT2D eigenvalue weighted by Gasteiger charge is 2.31. The SMILES string of the molecule is CCOC(=O)c1c(C(C)C)c2n(c1-c1ccc(F)cc1)CCCC2. The van der Waals surface area contributed by atoms with Crippen molar-refractivity contribution < 1.29 is 13.9 Å². The summed E-state index contributed by atoms with van der Waals surface area (Å²) in [6.07, 6.45) is 3.20. The van der Waals surface area contributed by atoms with E-state index in [0.29, 0.717) is 12.2 Å². The molecule has 0 N–H and O–H groups in total. The van der Waals surface area contributed by atoms with Crippen molar-refractivity contribution in [3.63, 3.8) is 0 Å². The van der Waals surface area contributed by atoms with E-state index in [4.69, 9.17) is 4.74 Å². The maximum absolute atomic E-state index is 13.4. The Labute approximate surface area is 142 Å². The van der Waals surface area contributed by atoms with Crippen LogP contribution in [0, 0.1) is 5.82 Å². The summed E-state index contributed by atoms with van der Waals surface area (Å²) in [7, 11) is 0.